The van der Waals surface area contributed by atoms with Crippen LogP contribution < -0.4 is 15.4 Å². The average Bonchev–Trinajstić information content (AvgIpc) is 3.09. The molecule has 24 heavy (non-hydrogen) atoms. The molecule has 0 radical (unpaired) electrons. The first-order chi connectivity index (χ1) is 11.7. The van der Waals surface area contributed by atoms with Gasteiger partial charge in [0.2, 0.25) is 5.95 Å². The molecule has 0 aliphatic carbocycles. The van der Waals surface area contributed by atoms with Crippen molar-refractivity contribution in [3.05, 3.63) is 34.7 Å². The molecule has 0 spiro atoms. The molecule has 1 aromatic carbocycles. The lowest BCUT2D eigenvalue weighted by Crippen LogP contribution is -2.19. The third kappa shape index (κ3) is 4.12. The summed E-state index contributed by atoms with van der Waals surface area (Å²) in [7, 11) is 1.43. The molecule has 1 atom stereocenters. The summed E-state index contributed by atoms with van der Waals surface area (Å²) < 4.78 is 25.0. The van der Waals surface area contributed by atoms with Gasteiger partial charge in [-0.25, -0.2) is 9.37 Å². The number of anilines is 3. The van der Waals surface area contributed by atoms with E-state index in [9.17, 15) is 4.39 Å². The van der Waals surface area contributed by atoms with Crippen molar-refractivity contribution < 1.29 is 13.9 Å². The van der Waals surface area contributed by atoms with E-state index in [0.29, 0.717) is 24.0 Å². The molecule has 1 unspecified atom stereocenters. The summed E-state index contributed by atoms with van der Waals surface area (Å²) in [6, 6.07) is 4.59. The highest BCUT2D eigenvalue weighted by atomic mass is 79.9. The predicted molar refractivity (Wildman–Crippen MR) is 93.4 cm³/mol. The number of ether oxygens (including phenoxy) is 2. The first-order valence-electron chi connectivity index (χ1n) is 7.64. The number of benzene rings is 1. The Kier molecular flexibility index (Phi) is 5.47. The number of hydrogen-bond donors (Lipinski definition) is 2. The first-order valence-corrected chi connectivity index (χ1v) is 8.43. The molecule has 1 saturated heterocycles. The Labute approximate surface area is 147 Å². The molecular formula is C16H18BrFN4O2. The van der Waals surface area contributed by atoms with Gasteiger partial charge in [0, 0.05) is 31.1 Å². The molecule has 3 rings (SSSR count). The number of rotatable bonds is 6. The van der Waals surface area contributed by atoms with Gasteiger partial charge in [-0.2, -0.15) is 4.98 Å². The van der Waals surface area contributed by atoms with Gasteiger partial charge < -0.3 is 20.1 Å². The van der Waals surface area contributed by atoms with E-state index in [1.165, 1.54) is 13.2 Å². The van der Waals surface area contributed by atoms with Crippen molar-refractivity contribution in [1.29, 1.82) is 0 Å². The lowest BCUT2D eigenvalue weighted by atomic mass is 10.2. The summed E-state index contributed by atoms with van der Waals surface area (Å²) in [5, 5.41) is 6.24. The largest absolute Gasteiger partial charge is 0.494 e. The quantitative estimate of drug-likeness (QED) is 0.775. The number of aromatic nitrogens is 2. The van der Waals surface area contributed by atoms with Crippen molar-refractivity contribution in [3.8, 4) is 5.75 Å². The molecule has 1 aliphatic heterocycles. The van der Waals surface area contributed by atoms with E-state index in [1.807, 2.05) is 0 Å². The Morgan fingerprint density at radius 3 is 3.04 bits per heavy atom. The minimum absolute atomic E-state index is 0.191. The van der Waals surface area contributed by atoms with Crippen molar-refractivity contribution in [2.45, 2.75) is 18.9 Å². The molecule has 0 saturated carbocycles. The van der Waals surface area contributed by atoms with E-state index in [-0.39, 0.29) is 11.9 Å². The number of nitrogens with zero attached hydrogens (tertiary/aromatic N) is 2. The van der Waals surface area contributed by atoms with Crippen molar-refractivity contribution in [3.63, 3.8) is 0 Å². The van der Waals surface area contributed by atoms with Crippen molar-refractivity contribution in [2.24, 2.45) is 0 Å². The van der Waals surface area contributed by atoms with Crippen LogP contribution in [0.15, 0.2) is 28.9 Å². The Morgan fingerprint density at radius 2 is 2.33 bits per heavy atom. The van der Waals surface area contributed by atoms with Crippen LogP contribution in [0.5, 0.6) is 5.75 Å². The van der Waals surface area contributed by atoms with E-state index in [4.69, 9.17) is 9.47 Å². The van der Waals surface area contributed by atoms with Gasteiger partial charge in [0.25, 0.3) is 0 Å². The Hall–Kier alpha value is -1.93. The second-order valence-corrected chi connectivity index (χ2v) is 6.23. The van der Waals surface area contributed by atoms with Gasteiger partial charge in [-0.05, 0) is 40.9 Å². The smallest absolute Gasteiger partial charge is 0.229 e. The maximum absolute atomic E-state index is 13.8. The summed E-state index contributed by atoms with van der Waals surface area (Å²) in [6.07, 6.45) is 3.99. The van der Waals surface area contributed by atoms with Gasteiger partial charge in [-0.1, -0.05) is 0 Å². The zero-order valence-electron chi connectivity index (χ0n) is 13.2. The van der Waals surface area contributed by atoms with E-state index < -0.39 is 5.82 Å². The molecule has 0 bridgehead atoms. The van der Waals surface area contributed by atoms with Gasteiger partial charge in [0.1, 0.15) is 5.82 Å². The van der Waals surface area contributed by atoms with Crippen LogP contribution in [0.4, 0.5) is 21.8 Å². The number of nitrogens with one attached hydrogen (secondary N) is 2. The normalized spacial score (nSPS) is 16.9. The average molecular weight is 397 g/mol. The fourth-order valence-electron chi connectivity index (χ4n) is 2.44. The summed E-state index contributed by atoms with van der Waals surface area (Å²) in [5.74, 6) is 0.780. The highest BCUT2D eigenvalue weighted by Crippen LogP contribution is 2.25. The SMILES string of the molecule is COc1ccc(Nc2ncc(Br)c(NCC3CCCO3)n2)cc1F. The fourth-order valence-corrected chi connectivity index (χ4v) is 2.77. The predicted octanol–water partition coefficient (Wildman–Crippen LogP) is 3.72. The number of methoxy groups -OCH3 is 1. The summed E-state index contributed by atoms with van der Waals surface area (Å²) in [5.41, 5.74) is 0.542. The highest BCUT2D eigenvalue weighted by molar-refractivity contribution is 9.10. The first kappa shape index (κ1) is 16.9. The second-order valence-electron chi connectivity index (χ2n) is 5.38. The maximum Gasteiger partial charge on any atom is 0.229 e. The minimum atomic E-state index is -0.448. The number of hydrogen-bond acceptors (Lipinski definition) is 6. The Bertz CT molecular complexity index is 710. The summed E-state index contributed by atoms with van der Waals surface area (Å²) in [6.45, 7) is 1.50. The van der Waals surface area contributed by atoms with Crippen LogP contribution >= 0.6 is 15.9 Å². The molecule has 8 heteroatoms. The molecule has 128 valence electrons. The van der Waals surface area contributed by atoms with Gasteiger partial charge in [0.15, 0.2) is 11.6 Å². The van der Waals surface area contributed by atoms with E-state index >= 15 is 0 Å². The monoisotopic (exact) mass is 396 g/mol. The second kappa shape index (κ2) is 7.76. The van der Waals surface area contributed by atoms with Gasteiger partial charge in [-0.15, -0.1) is 0 Å². The molecule has 2 heterocycles. The zero-order chi connectivity index (χ0) is 16.9. The van der Waals surface area contributed by atoms with Crippen molar-refractivity contribution in [2.75, 3.05) is 30.9 Å². The van der Waals surface area contributed by atoms with Crippen LogP contribution in [0.25, 0.3) is 0 Å². The van der Waals surface area contributed by atoms with E-state index in [0.717, 1.165) is 23.9 Å². The molecule has 1 fully saturated rings. The van der Waals surface area contributed by atoms with Gasteiger partial charge >= 0.3 is 0 Å². The summed E-state index contributed by atoms with van der Waals surface area (Å²) in [4.78, 5) is 8.60. The lowest BCUT2D eigenvalue weighted by Gasteiger charge is -2.13. The van der Waals surface area contributed by atoms with Crippen LogP contribution in [-0.4, -0.2) is 36.3 Å². The molecule has 0 amide bonds. The van der Waals surface area contributed by atoms with Crippen LogP contribution in [0.3, 0.4) is 0 Å². The number of halogens is 2. The highest BCUT2D eigenvalue weighted by Gasteiger charge is 2.16. The lowest BCUT2D eigenvalue weighted by molar-refractivity contribution is 0.120. The van der Waals surface area contributed by atoms with E-state index in [1.54, 1.807) is 18.3 Å². The maximum atomic E-state index is 13.8. The fraction of sp³-hybridized carbons (Fsp3) is 0.375. The standard InChI is InChI=1S/C16H18BrFN4O2/c1-23-14-5-4-10(7-13(14)18)21-16-20-9-12(17)15(22-16)19-8-11-3-2-6-24-11/h4-5,7,9,11H,2-3,6,8H2,1H3,(H2,19,20,21,22). The van der Waals surface area contributed by atoms with Crippen molar-refractivity contribution >= 4 is 33.4 Å². The zero-order valence-corrected chi connectivity index (χ0v) is 14.8. The third-order valence-corrected chi connectivity index (χ3v) is 4.25. The van der Waals surface area contributed by atoms with E-state index in [2.05, 4.69) is 36.5 Å². The van der Waals surface area contributed by atoms with Gasteiger partial charge in [0.05, 0.1) is 17.7 Å². The Morgan fingerprint density at radius 1 is 1.46 bits per heavy atom. The molecular weight excluding hydrogens is 379 g/mol. The molecule has 2 N–H and O–H groups in total. The van der Waals surface area contributed by atoms with Crippen LogP contribution in [0, 0.1) is 5.82 Å². The topological polar surface area (TPSA) is 68.3 Å². The minimum Gasteiger partial charge on any atom is -0.494 e. The van der Waals surface area contributed by atoms with Crippen LogP contribution in [-0.2, 0) is 4.74 Å². The van der Waals surface area contributed by atoms with Crippen LogP contribution in [0.1, 0.15) is 12.8 Å². The summed E-state index contributed by atoms with van der Waals surface area (Å²) >= 11 is 3.42. The third-order valence-electron chi connectivity index (χ3n) is 3.67. The van der Waals surface area contributed by atoms with Crippen LogP contribution in [0.2, 0.25) is 0 Å². The molecule has 6 nitrogen and oxygen atoms in total. The molecule has 1 aliphatic rings. The van der Waals surface area contributed by atoms with Crippen molar-refractivity contribution in [1.82, 2.24) is 9.97 Å². The molecule has 2 aromatic rings. The Balaban J connectivity index is 1.69. The van der Waals surface area contributed by atoms with Gasteiger partial charge in [-0.3, -0.25) is 0 Å². The molecule has 1 aromatic heterocycles.